The van der Waals surface area contributed by atoms with Crippen molar-refractivity contribution in [3.05, 3.63) is 65.7 Å². The number of hydrogen-bond acceptors (Lipinski definition) is 3. The monoisotopic (exact) mass is 326 g/mol. The van der Waals surface area contributed by atoms with E-state index < -0.39 is 11.2 Å². The molecule has 0 aliphatic heterocycles. The molecule has 0 amide bonds. The number of rotatable bonds is 4. The molecule has 3 nitrogen and oxygen atoms in total. The third-order valence-electron chi connectivity index (χ3n) is 3.99. The molecule has 3 aromatic carbocycles. The smallest absolute Gasteiger partial charge is 0.153 e. The maximum atomic E-state index is 12.5. The fourth-order valence-electron chi connectivity index (χ4n) is 2.57. The van der Waals surface area contributed by atoms with Gasteiger partial charge in [-0.05, 0) is 47.2 Å². The highest BCUT2D eigenvalue weighted by molar-refractivity contribution is 7.91. The molecule has 0 radical (unpaired) electrons. The largest absolute Gasteiger partial charge is 0.611 e. The van der Waals surface area contributed by atoms with E-state index in [2.05, 4.69) is 0 Å². The highest BCUT2D eigenvalue weighted by Gasteiger charge is 2.15. The average molecular weight is 326 g/mol. The Labute approximate surface area is 138 Å². The second-order valence-electron chi connectivity index (χ2n) is 5.54. The number of aromatic hydroxyl groups is 2. The van der Waals surface area contributed by atoms with Crippen LogP contribution in [0.3, 0.4) is 0 Å². The van der Waals surface area contributed by atoms with E-state index >= 15 is 0 Å². The van der Waals surface area contributed by atoms with Crippen LogP contribution in [0, 0.1) is 6.92 Å². The van der Waals surface area contributed by atoms with Gasteiger partial charge in [0.05, 0.1) is 0 Å². The number of hydrogen-bond donors (Lipinski definition) is 2. The molecule has 3 aromatic rings. The number of phenols is 2. The summed E-state index contributed by atoms with van der Waals surface area (Å²) in [5.41, 5.74) is 1.61. The molecular weight excluding hydrogens is 308 g/mol. The normalized spacial score (nSPS) is 12.4. The molecule has 4 heteroatoms. The van der Waals surface area contributed by atoms with Crippen molar-refractivity contribution < 1.29 is 14.8 Å². The summed E-state index contributed by atoms with van der Waals surface area (Å²) in [7, 11) is 0. The molecule has 1 atom stereocenters. The molecule has 0 aromatic heterocycles. The third-order valence-corrected chi connectivity index (χ3v) is 5.35. The fourth-order valence-corrected chi connectivity index (χ4v) is 3.70. The van der Waals surface area contributed by atoms with E-state index in [0.717, 1.165) is 12.0 Å². The molecule has 2 N–H and O–H groups in total. The Kier molecular flexibility index (Phi) is 4.46. The van der Waals surface area contributed by atoms with Crippen LogP contribution in [0.5, 0.6) is 11.5 Å². The van der Waals surface area contributed by atoms with Crippen molar-refractivity contribution in [1.29, 1.82) is 0 Å². The maximum absolute atomic E-state index is 12.5. The molecule has 0 heterocycles. The zero-order valence-corrected chi connectivity index (χ0v) is 13.6. The second-order valence-corrected chi connectivity index (χ2v) is 7.11. The van der Waals surface area contributed by atoms with E-state index in [-0.39, 0.29) is 11.5 Å². The lowest BCUT2D eigenvalue weighted by Crippen LogP contribution is -2.09. The molecule has 0 aliphatic rings. The molecule has 0 aliphatic carbocycles. The molecule has 0 fully saturated rings. The number of fused-ring (bicyclic) bond motifs is 1. The highest BCUT2D eigenvalue weighted by Crippen LogP contribution is 2.35. The molecule has 0 bridgehead atoms. The van der Waals surface area contributed by atoms with Crippen molar-refractivity contribution in [2.24, 2.45) is 0 Å². The van der Waals surface area contributed by atoms with Crippen LogP contribution < -0.4 is 0 Å². The van der Waals surface area contributed by atoms with Gasteiger partial charge < -0.3 is 14.8 Å². The molecule has 0 saturated carbocycles. The van der Waals surface area contributed by atoms with Crippen molar-refractivity contribution in [2.45, 2.75) is 18.2 Å². The summed E-state index contributed by atoms with van der Waals surface area (Å²) in [5, 5.41) is 21.3. The molecule has 1 unspecified atom stereocenters. The van der Waals surface area contributed by atoms with Gasteiger partial charge in [0.25, 0.3) is 0 Å². The van der Waals surface area contributed by atoms with Crippen LogP contribution in [0.2, 0.25) is 0 Å². The van der Waals surface area contributed by atoms with Gasteiger partial charge in [-0.2, -0.15) is 0 Å². The quantitative estimate of drug-likeness (QED) is 0.715. The number of phenolic OH excluding ortho intramolecular Hbond substituents is 2. The zero-order valence-electron chi connectivity index (χ0n) is 12.8. The van der Waals surface area contributed by atoms with E-state index in [1.54, 1.807) is 31.2 Å². The summed E-state index contributed by atoms with van der Waals surface area (Å²) in [4.78, 5) is 0.705. The highest BCUT2D eigenvalue weighted by atomic mass is 32.2. The summed E-state index contributed by atoms with van der Waals surface area (Å²) in [6, 6.07) is 16.9. The van der Waals surface area contributed by atoms with Gasteiger partial charge in [0.2, 0.25) is 0 Å². The van der Waals surface area contributed by atoms with Crippen molar-refractivity contribution in [3.8, 4) is 11.5 Å². The van der Waals surface area contributed by atoms with Gasteiger partial charge in [0, 0.05) is 23.4 Å². The second kappa shape index (κ2) is 6.52. The predicted molar refractivity (Wildman–Crippen MR) is 93.4 cm³/mol. The summed E-state index contributed by atoms with van der Waals surface area (Å²) in [5.74, 6) is 0.656. The molecule has 3 rings (SSSR count). The molecular formula is C19H18O3S. The van der Waals surface area contributed by atoms with Crippen molar-refractivity contribution in [2.75, 3.05) is 5.75 Å². The minimum absolute atomic E-state index is 0.0437. The number of aryl methyl sites for hydroxylation is 1. The van der Waals surface area contributed by atoms with Crippen LogP contribution in [0.15, 0.2) is 59.5 Å². The molecule has 118 valence electrons. The van der Waals surface area contributed by atoms with Crippen LogP contribution in [-0.2, 0) is 17.6 Å². The van der Waals surface area contributed by atoms with Crippen molar-refractivity contribution >= 4 is 21.9 Å². The number of benzene rings is 3. The van der Waals surface area contributed by atoms with Crippen LogP contribution in [0.1, 0.15) is 11.1 Å². The first-order valence-corrected chi connectivity index (χ1v) is 8.76. The van der Waals surface area contributed by atoms with Gasteiger partial charge in [-0.25, -0.2) is 0 Å². The van der Waals surface area contributed by atoms with Crippen LogP contribution in [0.25, 0.3) is 10.8 Å². The lowest BCUT2D eigenvalue weighted by atomic mass is 10.1. The first-order chi connectivity index (χ1) is 11.1. The predicted octanol–water partition coefficient (Wildman–Crippen LogP) is 3.91. The lowest BCUT2D eigenvalue weighted by molar-refractivity contribution is 0.448. The molecule has 0 spiro atoms. The van der Waals surface area contributed by atoms with E-state index in [1.165, 1.54) is 0 Å². The Morgan fingerprint density at radius 3 is 2.48 bits per heavy atom. The Hall–Kier alpha value is -2.17. The van der Waals surface area contributed by atoms with Gasteiger partial charge in [-0.3, -0.25) is 0 Å². The van der Waals surface area contributed by atoms with Gasteiger partial charge in [0.1, 0.15) is 17.3 Å². The minimum atomic E-state index is -1.12. The summed E-state index contributed by atoms with van der Waals surface area (Å²) < 4.78 is 12.5. The Morgan fingerprint density at radius 1 is 1.00 bits per heavy atom. The lowest BCUT2D eigenvalue weighted by Gasteiger charge is -2.12. The van der Waals surface area contributed by atoms with Crippen LogP contribution in [0.4, 0.5) is 0 Å². The van der Waals surface area contributed by atoms with Gasteiger partial charge in [0.15, 0.2) is 4.90 Å². The maximum Gasteiger partial charge on any atom is 0.153 e. The summed E-state index contributed by atoms with van der Waals surface area (Å²) >= 11 is -1.12. The average Bonchev–Trinajstić information content (AvgIpc) is 2.58. The summed E-state index contributed by atoms with van der Waals surface area (Å²) in [6.45, 7) is 1.66. The van der Waals surface area contributed by atoms with Gasteiger partial charge in [-0.15, -0.1) is 0 Å². The standard InChI is InChI=1S/C19H18O3S/c1-13-18(20)12-15-11-16(7-8-17(15)19(13)21)23(22)10-9-14-5-3-2-4-6-14/h2-8,11-12,20-21H,9-10H2,1H3. The fraction of sp³-hybridized carbons (Fsp3) is 0.158. The third kappa shape index (κ3) is 3.28. The van der Waals surface area contributed by atoms with Gasteiger partial charge >= 0.3 is 0 Å². The van der Waals surface area contributed by atoms with E-state index in [0.29, 0.717) is 27.0 Å². The zero-order chi connectivity index (χ0) is 16.4. The summed E-state index contributed by atoms with van der Waals surface area (Å²) in [6.07, 6.45) is 0.746. The Balaban J connectivity index is 1.84. The van der Waals surface area contributed by atoms with Crippen LogP contribution in [-0.4, -0.2) is 20.5 Å². The van der Waals surface area contributed by atoms with Crippen molar-refractivity contribution in [3.63, 3.8) is 0 Å². The SMILES string of the molecule is Cc1c(O)cc2cc([S+]([O-])CCc3ccccc3)ccc2c1O. The minimum Gasteiger partial charge on any atom is -0.611 e. The van der Waals surface area contributed by atoms with Gasteiger partial charge in [-0.1, -0.05) is 30.3 Å². The van der Waals surface area contributed by atoms with Crippen LogP contribution >= 0.6 is 0 Å². The molecule has 23 heavy (non-hydrogen) atoms. The Bertz CT molecular complexity index is 831. The van der Waals surface area contributed by atoms with Crippen molar-refractivity contribution in [1.82, 2.24) is 0 Å². The topological polar surface area (TPSA) is 63.5 Å². The first-order valence-electron chi connectivity index (χ1n) is 7.44. The Morgan fingerprint density at radius 2 is 1.74 bits per heavy atom. The van der Waals surface area contributed by atoms with E-state index in [9.17, 15) is 14.8 Å². The van der Waals surface area contributed by atoms with E-state index in [1.807, 2.05) is 30.3 Å². The first kappa shape index (κ1) is 15.7. The molecule has 0 saturated heterocycles. The van der Waals surface area contributed by atoms with E-state index in [4.69, 9.17) is 0 Å².